The van der Waals surface area contributed by atoms with Crippen LogP contribution in [0.3, 0.4) is 0 Å². The highest BCUT2D eigenvalue weighted by Gasteiger charge is 1.67. The van der Waals surface area contributed by atoms with Crippen molar-refractivity contribution in [2.45, 2.75) is 53.9 Å². The lowest BCUT2D eigenvalue weighted by atomic mass is 10.3. The lowest BCUT2D eigenvalue weighted by molar-refractivity contribution is 1.16. The highest BCUT2D eigenvalue weighted by Crippen LogP contribution is 1.89. The first-order valence-electron chi connectivity index (χ1n) is 4.97. The third kappa shape index (κ3) is 22.7. The molecule has 0 aromatic heterocycles. The van der Waals surface area contributed by atoms with E-state index in [4.69, 9.17) is 0 Å². The van der Waals surface area contributed by atoms with E-state index in [-0.39, 0.29) is 0 Å². The zero-order valence-corrected chi connectivity index (χ0v) is 9.35. The molecule has 0 aromatic rings. The fraction of sp³-hybridized carbons (Fsp3) is 0.667. The summed E-state index contributed by atoms with van der Waals surface area (Å²) in [6.45, 7) is 10.7. The molecule has 0 rings (SSSR count). The van der Waals surface area contributed by atoms with Gasteiger partial charge in [0.1, 0.15) is 0 Å². The van der Waals surface area contributed by atoms with Gasteiger partial charge in [-0.2, -0.15) is 0 Å². The average molecular weight is 168 g/mol. The molecule has 12 heavy (non-hydrogen) atoms. The summed E-state index contributed by atoms with van der Waals surface area (Å²) in [5, 5.41) is 0. The molecule has 0 amide bonds. The Bertz CT molecular complexity index is 108. The van der Waals surface area contributed by atoms with Crippen LogP contribution in [0.4, 0.5) is 0 Å². The SMILES string of the molecule is CCC=C(C)C.CCC=CCC. The maximum Gasteiger partial charge on any atom is -0.0377 e. The van der Waals surface area contributed by atoms with Gasteiger partial charge in [0.2, 0.25) is 0 Å². The first-order chi connectivity index (χ1) is 5.68. The Kier molecular flexibility index (Phi) is 15.3. The topological polar surface area (TPSA) is 0 Å². The van der Waals surface area contributed by atoms with Gasteiger partial charge in [-0.1, -0.05) is 44.6 Å². The minimum atomic E-state index is 1.17. The Morgan fingerprint density at radius 3 is 1.33 bits per heavy atom. The fourth-order valence-electron chi connectivity index (χ4n) is 0.742. The molecule has 0 nitrogen and oxygen atoms in total. The molecule has 0 heteroatoms. The summed E-state index contributed by atoms with van der Waals surface area (Å²) in [4.78, 5) is 0. The van der Waals surface area contributed by atoms with Crippen LogP contribution >= 0.6 is 0 Å². The van der Waals surface area contributed by atoms with Crippen LogP contribution in [0.25, 0.3) is 0 Å². The van der Waals surface area contributed by atoms with E-state index in [0.717, 1.165) is 0 Å². The van der Waals surface area contributed by atoms with Crippen LogP contribution in [0.2, 0.25) is 0 Å². The summed E-state index contributed by atoms with van der Waals surface area (Å²) >= 11 is 0. The van der Waals surface area contributed by atoms with Crippen LogP contribution in [-0.2, 0) is 0 Å². The molecule has 0 spiro atoms. The van der Waals surface area contributed by atoms with Crippen molar-refractivity contribution in [3.05, 3.63) is 23.8 Å². The summed E-state index contributed by atoms with van der Waals surface area (Å²) in [6.07, 6.45) is 10.1. The third-order valence-electron chi connectivity index (χ3n) is 1.25. The van der Waals surface area contributed by atoms with Gasteiger partial charge in [-0.25, -0.2) is 0 Å². The second-order valence-corrected chi connectivity index (χ2v) is 2.98. The molecule has 0 aliphatic carbocycles. The summed E-state index contributed by atoms with van der Waals surface area (Å²) < 4.78 is 0. The fourth-order valence-corrected chi connectivity index (χ4v) is 0.742. The van der Waals surface area contributed by atoms with Crippen molar-refractivity contribution in [2.24, 2.45) is 0 Å². The summed E-state index contributed by atoms with van der Waals surface area (Å²) in [5.74, 6) is 0. The van der Waals surface area contributed by atoms with Crippen molar-refractivity contribution in [3.63, 3.8) is 0 Å². The van der Waals surface area contributed by atoms with E-state index < -0.39 is 0 Å². The van der Waals surface area contributed by atoms with Crippen LogP contribution in [-0.4, -0.2) is 0 Å². The van der Waals surface area contributed by atoms with Gasteiger partial charge in [0.15, 0.2) is 0 Å². The minimum absolute atomic E-state index is 1.17. The second kappa shape index (κ2) is 13.1. The van der Waals surface area contributed by atoms with Gasteiger partial charge in [0.25, 0.3) is 0 Å². The Labute approximate surface area is 78.4 Å². The molecule has 0 N–H and O–H groups in total. The number of allylic oxidation sites excluding steroid dienone is 4. The largest absolute Gasteiger partial charge is 0.0888 e. The molecular weight excluding hydrogens is 144 g/mol. The van der Waals surface area contributed by atoms with Crippen molar-refractivity contribution in [1.29, 1.82) is 0 Å². The van der Waals surface area contributed by atoms with Gasteiger partial charge >= 0.3 is 0 Å². The Balaban J connectivity index is 0. The first kappa shape index (κ1) is 14.0. The predicted octanol–water partition coefficient (Wildman–Crippen LogP) is 4.73. The zero-order valence-electron chi connectivity index (χ0n) is 9.35. The summed E-state index contributed by atoms with van der Waals surface area (Å²) in [7, 11) is 0. The van der Waals surface area contributed by atoms with Crippen molar-refractivity contribution in [1.82, 2.24) is 0 Å². The van der Waals surface area contributed by atoms with E-state index in [1.807, 2.05) is 0 Å². The van der Waals surface area contributed by atoms with E-state index in [9.17, 15) is 0 Å². The van der Waals surface area contributed by atoms with Crippen molar-refractivity contribution in [2.75, 3.05) is 0 Å². The number of rotatable bonds is 3. The average Bonchev–Trinajstić information content (AvgIpc) is 2.02. The highest BCUT2D eigenvalue weighted by atomic mass is 13.7. The summed E-state index contributed by atoms with van der Waals surface area (Å²) in [6, 6.07) is 0. The van der Waals surface area contributed by atoms with E-state index in [1.165, 1.54) is 24.8 Å². The molecule has 0 aromatic carbocycles. The quantitative estimate of drug-likeness (QED) is 0.535. The van der Waals surface area contributed by atoms with E-state index in [2.05, 4.69) is 52.8 Å². The van der Waals surface area contributed by atoms with E-state index >= 15 is 0 Å². The van der Waals surface area contributed by atoms with Crippen molar-refractivity contribution < 1.29 is 0 Å². The first-order valence-corrected chi connectivity index (χ1v) is 4.97. The molecule has 0 bridgehead atoms. The van der Waals surface area contributed by atoms with Crippen LogP contribution in [0, 0.1) is 0 Å². The van der Waals surface area contributed by atoms with E-state index in [1.54, 1.807) is 0 Å². The van der Waals surface area contributed by atoms with Crippen LogP contribution < -0.4 is 0 Å². The molecule has 0 aliphatic rings. The third-order valence-corrected chi connectivity index (χ3v) is 1.25. The lowest BCUT2D eigenvalue weighted by Gasteiger charge is -1.80. The van der Waals surface area contributed by atoms with Crippen molar-refractivity contribution in [3.8, 4) is 0 Å². The van der Waals surface area contributed by atoms with Crippen molar-refractivity contribution >= 4 is 0 Å². The molecular formula is C12H24. The van der Waals surface area contributed by atoms with Gasteiger partial charge in [-0.05, 0) is 33.1 Å². The Morgan fingerprint density at radius 1 is 0.833 bits per heavy atom. The number of hydrogen-bond acceptors (Lipinski definition) is 0. The van der Waals surface area contributed by atoms with Crippen LogP contribution in [0.15, 0.2) is 23.8 Å². The maximum atomic E-state index is 2.21. The number of hydrogen-bond donors (Lipinski definition) is 0. The normalized spacial score (nSPS) is 9.08. The van der Waals surface area contributed by atoms with Gasteiger partial charge in [-0.3, -0.25) is 0 Å². The predicted molar refractivity (Wildman–Crippen MR) is 59.4 cm³/mol. The summed E-state index contributed by atoms with van der Waals surface area (Å²) in [5.41, 5.74) is 1.41. The van der Waals surface area contributed by atoms with Gasteiger partial charge in [0.05, 0.1) is 0 Å². The Hall–Kier alpha value is -0.520. The molecule has 0 atom stereocenters. The van der Waals surface area contributed by atoms with Crippen LogP contribution in [0.1, 0.15) is 53.9 Å². The van der Waals surface area contributed by atoms with Gasteiger partial charge in [-0.15, -0.1) is 0 Å². The molecule has 0 aliphatic heterocycles. The molecule has 0 saturated heterocycles. The maximum absolute atomic E-state index is 2.21. The molecule has 0 radical (unpaired) electrons. The molecule has 0 fully saturated rings. The van der Waals surface area contributed by atoms with Gasteiger partial charge < -0.3 is 0 Å². The van der Waals surface area contributed by atoms with Crippen LogP contribution in [0.5, 0.6) is 0 Å². The molecule has 0 unspecified atom stereocenters. The second-order valence-electron chi connectivity index (χ2n) is 2.98. The zero-order chi connectivity index (χ0) is 9.82. The standard InChI is InChI=1S/2C6H12/c1-4-5-6(2)3;1-3-5-6-4-2/h5H,4H2,1-3H3;5-6H,3-4H2,1-2H3. The highest BCUT2D eigenvalue weighted by molar-refractivity contribution is 4.91. The lowest BCUT2D eigenvalue weighted by Crippen LogP contribution is -1.58. The molecule has 72 valence electrons. The smallest absolute Gasteiger partial charge is 0.0377 e. The van der Waals surface area contributed by atoms with E-state index in [0.29, 0.717) is 0 Å². The monoisotopic (exact) mass is 168 g/mol. The molecule has 0 saturated carbocycles. The minimum Gasteiger partial charge on any atom is -0.0888 e. The molecule has 0 heterocycles. The van der Waals surface area contributed by atoms with Gasteiger partial charge in [0, 0.05) is 0 Å². The Morgan fingerprint density at radius 2 is 1.25 bits per heavy atom.